The van der Waals surface area contributed by atoms with Crippen molar-refractivity contribution in [1.29, 1.82) is 0 Å². The lowest BCUT2D eigenvalue weighted by Gasteiger charge is -2.22. The van der Waals surface area contributed by atoms with E-state index in [1.165, 1.54) is 22.9 Å². The van der Waals surface area contributed by atoms with E-state index in [-0.39, 0.29) is 16.6 Å². The van der Waals surface area contributed by atoms with Crippen molar-refractivity contribution in [1.82, 2.24) is 9.29 Å². The average Bonchev–Trinajstić information content (AvgIpc) is 3.37. The minimum absolute atomic E-state index is 0.0317. The number of nitrogens with one attached hydrogen (secondary N) is 1. The van der Waals surface area contributed by atoms with E-state index >= 15 is 0 Å². The lowest BCUT2D eigenvalue weighted by molar-refractivity contribution is -0.153. The SMILES string of the molecule is O=c1cc(S(=O)(=O)NC(c2ccc(Cl)cc2)C(F)(F)F)ccn1C1CC1. The summed E-state index contributed by atoms with van der Waals surface area (Å²) in [6, 6.07) is 4.18. The Bertz CT molecular complexity index is 967. The third-order valence-electron chi connectivity index (χ3n) is 3.97. The van der Waals surface area contributed by atoms with Gasteiger partial charge in [-0.05, 0) is 36.6 Å². The van der Waals surface area contributed by atoms with E-state index in [0.717, 1.165) is 37.1 Å². The van der Waals surface area contributed by atoms with Crippen molar-refractivity contribution >= 4 is 21.6 Å². The van der Waals surface area contributed by atoms with Crippen LogP contribution in [0.1, 0.15) is 30.5 Å². The zero-order chi connectivity index (χ0) is 19.1. The van der Waals surface area contributed by atoms with Crippen molar-refractivity contribution in [2.24, 2.45) is 0 Å². The van der Waals surface area contributed by atoms with Gasteiger partial charge in [0, 0.05) is 23.3 Å². The van der Waals surface area contributed by atoms with Crippen LogP contribution in [-0.2, 0) is 10.0 Å². The molecular weight excluding hydrogens is 393 g/mol. The number of rotatable bonds is 5. The molecule has 0 radical (unpaired) electrons. The molecule has 5 nitrogen and oxygen atoms in total. The van der Waals surface area contributed by atoms with Crippen molar-refractivity contribution in [3.05, 3.63) is 63.5 Å². The molecule has 1 unspecified atom stereocenters. The lowest BCUT2D eigenvalue weighted by atomic mass is 10.1. The van der Waals surface area contributed by atoms with Gasteiger partial charge < -0.3 is 4.57 Å². The summed E-state index contributed by atoms with van der Waals surface area (Å²) in [7, 11) is -4.56. The van der Waals surface area contributed by atoms with Gasteiger partial charge in [-0.2, -0.15) is 17.9 Å². The fourth-order valence-corrected chi connectivity index (χ4v) is 3.83. The second-order valence-corrected chi connectivity index (χ2v) is 8.14. The minimum Gasteiger partial charge on any atom is -0.312 e. The fraction of sp³-hybridized carbons (Fsp3) is 0.312. The number of hydrogen-bond acceptors (Lipinski definition) is 3. The molecule has 1 N–H and O–H groups in total. The van der Waals surface area contributed by atoms with Crippen molar-refractivity contribution in [2.45, 2.75) is 36.0 Å². The van der Waals surface area contributed by atoms with Gasteiger partial charge in [-0.25, -0.2) is 8.42 Å². The van der Waals surface area contributed by atoms with Crippen LogP contribution in [-0.4, -0.2) is 19.2 Å². The molecule has 10 heteroatoms. The molecule has 3 rings (SSSR count). The normalized spacial score (nSPS) is 16.5. The number of alkyl halides is 3. The largest absolute Gasteiger partial charge is 0.408 e. The summed E-state index contributed by atoms with van der Waals surface area (Å²) >= 11 is 5.67. The molecule has 140 valence electrons. The zero-order valence-electron chi connectivity index (χ0n) is 13.2. The van der Waals surface area contributed by atoms with Crippen LogP contribution in [0, 0.1) is 0 Å². The van der Waals surface area contributed by atoms with Crippen molar-refractivity contribution in [2.75, 3.05) is 0 Å². The molecule has 0 aliphatic heterocycles. The van der Waals surface area contributed by atoms with Crippen LogP contribution in [0.4, 0.5) is 13.2 Å². The highest BCUT2D eigenvalue weighted by atomic mass is 35.5. The van der Waals surface area contributed by atoms with Gasteiger partial charge in [0.25, 0.3) is 5.56 Å². The summed E-state index contributed by atoms with van der Waals surface area (Å²) in [6.45, 7) is 0. The monoisotopic (exact) mass is 406 g/mol. The number of pyridine rings is 1. The third-order valence-corrected chi connectivity index (χ3v) is 5.65. The number of sulfonamides is 1. The average molecular weight is 407 g/mol. The van der Waals surface area contributed by atoms with Gasteiger partial charge in [-0.15, -0.1) is 0 Å². The van der Waals surface area contributed by atoms with E-state index < -0.39 is 32.7 Å². The van der Waals surface area contributed by atoms with E-state index in [2.05, 4.69) is 0 Å². The fourth-order valence-electron chi connectivity index (χ4n) is 2.50. The number of benzene rings is 1. The molecule has 1 aromatic heterocycles. The predicted molar refractivity (Wildman–Crippen MR) is 89.5 cm³/mol. The first-order valence-corrected chi connectivity index (χ1v) is 9.51. The Labute approximate surface area is 152 Å². The smallest absolute Gasteiger partial charge is 0.312 e. The van der Waals surface area contributed by atoms with Gasteiger partial charge in [0.1, 0.15) is 6.04 Å². The Morgan fingerprint density at radius 1 is 1.15 bits per heavy atom. The first-order chi connectivity index (χ1) is 12.1. The van der Waals surface area contributed by atoms with Gasteiger partial charge in [-0.1, -0.05) is 23.7 Å². The number of hydrogen-bond donors (Lipinski definition) is 1. The molecule has 1 fully saturated rings. The van der Waals surface area contributed by atoms with Crippen LogP contribution in [0.25, 0.3) is 0 Å². The molecule has 1 heterocycles. The topological polar surface area (TPSA) is 68.2 Å². The molecule has 0 saturated heterocycles. The molecule has 0 bridgehead atoms. The second-order valence-electron chi connectivity index (χ2n) is 5.99. The summed E-state index contributed by atoms with van der Waals surface area (Å²) in [6.07, 6.45) is -1.95. The second kappa shape index (κ2) is 6.71. The summed E-state index contributed by atoms with van der Waals surface area (Å²) < 4.78 is 67.9. The summed E-state index contributed by atoms with van der Waals surface area (Å²) in [5, 5.41) is 0.223. The summed E-state index contributed by atoms with van der Waals surface area (Å²) in [5.74, 6) is 0. The van der Waals surface area contributed by atoms with E-state index in [9.17, 15) is 26.4 Å². The zero-order valence-corrected chi connectivity index (χ0v) is 14.8. The van der Waals surface area contributed by atoms with E-state index in [4.69, 9.17) is 11.6 Å². The summed E-state index contributed by atoms with van der Waals surface area (Å²) in [5.41, 5.74) is -0.873. The van der Waals surface area contributed by atoms with Crippen LogP contribution in [0.5, 0.6) is 0 Å². The molecule has 1 atom stereocenters. The predicted octanol–water partition coefficient (Wildman–Crippen LogP) is 3.42. The van der Waals surface area contributed by atoms with Crippen molar-refractivity contribution in [3.63, 3.8) is 0 Å². The van der Waals surface area contributed by atoms with Crippen LogP contribution >= 0.6 is 11.6 Å². The maximum Gasteiger partial charge on any atom is 0.408 e. The van der Waals surface area contributed by atoms with Gasteiger partial charge in [0.05, 0.1) is 4.90 Å². The number of aromatic nitrogens is 1. The van der Waals surface area contributed by atoms with Crippen molar-refractivity contribution < 1.29 is 21.6 Å². The Morgan fingerprint density at radius 3 is 2.27 bits per heavy atom. The molecule has 1 saturated carbocycles. The molecule has 0 spiro atoms. The third kappa shape index (κ3) is 4.11. The quantitative estimate of drug-likeness (QED) is 0.827. The Kier molecular flexibility index (Phi) is 4.89. The number of halogens is 4. The molecule has 1 aromatic carbocycles. The Morgan fingerprint density at radius 2 is 1.77 bits per heavy atom. The molecular formula is C16H14ClF3N2O3S. The molecule has 1 aliphatic carbocycles. The van der Waals surface area contributed by atoms with Crippen molar-refractivity contribution in [3.8, 4) is 0 Å². The van der Waals surface area contributed by atoms with Crippen LogP contribution < -0.4 is 10.3 Å². The lowest BCUT2D eigenvalue weighted by Crippen LogP contribution is -2.38. The molecule has 0 amide bonds. The summed E-state index contributed by atoms with van der Waals surface area (Å²) in [4.78, 5) is 11.5. The maximum absolute atomic E-state index is 13.4. The van der Waals surface area contributed by atoms with E-state index in [0.29, 0.717) is 0 Å². The standard InChI is InChI=1S/C16H14ClF3N2O3S/c17-11-3-1-10(2-4-11)15(16(18,19)20)21-26(24,25)13-7-8-22(12-5-6-12)14(23)9-13/h1-4,7-9,12,15,21H,5-6H2. The first-order valence-electron chi connectivity index (χ1n) is 7.64. The van der Waals surface area contributed by atoms with Gasteiger partial charge in [0.15, 0.2) is 0 Å². The van der Waals surface area contributed by atoms with E-state index in [1.807, 2.05) is 0 Å². The highest BCUT2D eigenvalue weighted by molar-refractivity contribution is 7.89. The van der Waals surface area contributed by atoms with Crippen LogP contribution in [0.2, 0.25) is 5.02 Å². The van der Waals surface area contributed by atoms with Gasteiger partial charge in [0.2, 0.25) is 10.0 Å². The Balaban J connectivity index is 1.93. The van der Waals surface area contributed by atoms with Gasteiger partial charge in [-0.3, -0.25) is 4.79 Å². The van der Waals surface area contributed by atoms with Gasteiger partial charge >= 0.3 is 6.18 Å². The van der Waals surface area contributed by atoms with E-state index in [1.54, 1.807) is 4.72 Å². The molecule has 2 aromatic rings. The highest BCUT2D eigenvalue weighted by Gasteiger charge is 2.43. The molecule has 26 heavy (non-hydrogen) atoms. The molecule has 1 aliphatic rings. The minimum atomic E-state index is -4.87. The van der Waals surface area contributed by atoms with Crippen LogP contribution in [0.15, 0.2) is 52.3 Å². The first kappa shape index (κ1) is 18.9. The van der Waals surface area contributed by atoms with Crippen LogP contribution in [0.3, 0.4) is 0 Å². The number of nitrogens with zero attached hydrogens (tertiary/aromatic N) is 1. The maximum atomic E-state index is 13.4. The highest BCUT2D eigenvalue weighted by Crippen LogP contribution is 2.35. The Hall–Kier alpha value is -1.84.